The lowest BCUT2D eigenvalue weighted by molar-refractivity contribution is 0.178. The Balaban J connectivity index is 1.31. The minimum absolute atomic E-state index is 0.000184. The molecule has 1 spiro atoms. The smallest absolute Gasteiger partial charge is 0.211 e. The van der Waals surface area contributed by atoms with E-state index in [-0.39, 0.29) is 16.2 Å². The Kier molecular flexibility index (Phi) is 7.27. The predicted octanol–water partition coefficient (Wildman–Crippen LogP) is 6.00. The van der Waals surface area contributed by atoms with E-state index >= 15 is 0 Å². The van der Waals surface area contributed by atoms with Crippen molar-refractivity contribution in [2.45, 2.75) is 60.6 Å². The average Bonchev–Trinajstić information content (AvgIpc) is 3.53. The molecule has 1 saturated heterocycles. The molecule has 2 unspecified atom stereocenters. The zero-order valence-corrected chi connectivity index (χ0v) is 25.2. The van der Waals surface area contributed by atoms with Gasteiger partial charge in [0, 0.05) is 65.2 Å². The Labute approximate surface area is 246 Å². The number of piperidine rings is 1. The highest BCUT2D eigenvalue weighted by Crippen LogP contribution is 2.45. The largest absolute Gasteiger partial charge is 0.598 e. The Hall–Kier alpha value is -2.01. The number of pyridine rings is 1. The topological polar surface area (TPSA) is 81.4 Å². The van der Waals surface area contributed by atoms with Gasteiger partial charge in [-0.25, -0.2) is 9.97 Å². The van der Waals surface area contributed by atoms with Crippen LogP contribution in [0.4, 0.5) is 5.95 Å². The average molecular weight is 602 g/mol. The highest BCUT2D eigenvalue weighted by Gasteiger charge is 2.50. The highest BCUT2D eigenvalue weighted by molar-refractivity contribution is 7.99. The maximum Gasteiger partial charge on any atom is 0.211 e. The molecule has 3 atom stereocenters. The summed E-state index contributed by atoms with van der Waals surface area (Å²) < 4.78 is 18.5. The summed E-state index contributed by atoms with van der Waals surface area (Å²) in [4.78, 5) is 18.3. The molecule has 4 aromatic rings. The van der Waals surface area contributed by atoms with E-state index in [2.05, 4.69) is 25.7 Å². The van der Waals surface area contributed by atoms with Crippen molar-refractivity contribution < 1.29 is 4.55 Å². The number of benzene rings is 1. The fourth-order valence-corrected chi connectivity index (χ4v) is 7.89. The summed E-state index contributed by atoms with van der Waals surface area (Å²) in [6.07, 6.45) is 10.2. The van der Waals surface area contributed by atoms with E-state index in [0.29, 0.717) is 16.6 Å². The maximum absolute atomic E-state index is 13.3. The second-order valence-corrected chi connectivity index (χ2v) is 15.1. The Morgan fingerprint density at radius 3 is 2.72 bits per heavy atom. The summed E-state index contributed by atoms with van der Waals surface area (Å²) in [7, 11) is 0. The molecule has 1 aliphatic heterocycles. The van der Waals surface area contributed by atoms with Crippen molar-refractivity contribution in [1.29, 1.82) is 0 Å². The van der Waals surface area contributed by atoms with Crippen LogP contribution in [0.25, 0.3) is 5.65 Å². The minimum Gasteiger partial charge on any atom is -0.598 e. The number of hydrogen-bond acceptors (Lipinski definition) is 7. The molecule has 0 bridgehead atoms. The third-order valence-corrected chi connectivity index (χ3v) is 11.3. The molecule has 4 heterocycles. The molecule has 7 nitrogen and oxygen atoms in total. The number of halogens is 2. The summed E-state index contributed by atoms with van der Waals surface area (Å²) in [6, 6.07) is 9.80. The number of aromatic nitrogens is 4. The van der Waals surface area contributed by atoms with Crippen molar-refractivity contribution in [3.63, 3.8) is 0 Å². The van der Waals surface area contributed by atoms with Crippen molar-refractivity contribution in [2.75, 3.05) is 18.0 Å². The molecule has 1 aromatic carbocycles. The van der Waals surface area contributed by atoms with Crippen molar-refractivity contribution in [3.05, 3.63) is 76.4 Å². The van der Waals surface area contributed by atoms with E-state index in [1.807, 2.05) is 62.0 Å². The molecule has 0 amide bonds. The second kappa shape index (κ2) is 10.4. The molecule has 3 aromatic heterocycles. The van der Waals surface area contributed by atoms with Gasteiger partial charge in [-0.2, -0.15) is 0 Å². The van der Waals surface area contributed by atoms with Crippen molar-refractivity contribution in [2.24, 2.45) is 5.41 Å². The standard InChI is InChI=1S/C28H30Cl2N6OS2/c1-27(2,3)39(37)34-23-17-35(12-9-28(23)14-18-6-5-10-31-20(18)15-28)26-33-16-22(25-32-11-13-36(25)26)38-21-8-4-7-19(29)24(21)30/h4-8,10-11,13,16,23,34H,9,12,14-15,17H2,1-3H3/t23?,28?,39-/m1/s1. The van der Waals surface area contributed by atoms with Crippen molar-refractivity contribution in [3.8, 4) is 0 Å². The molecule has 11 heteroatoms. The van der Waals surface area contributed by atoms with Crippen LogP contribution in [-0.4, -0.2) is 47.8 Å². The number of anilines is 1. The van der Waals surface area contributed by atoms with Crippen molar-refractivity contribution >= 4 is 57.9 Å². The van der Waals surface area contributed by atoms with Gasteiger partial charge < -0.3 is 9.45 Å². The lowest BCUT2D eigenvalue weighted by Gasteiger charge is -2.46. The summed E-state index contributed by atoms with van der Waals surface area (Å²) in [5, 5.41) is 1.04. The summed E-state index contributed by atoms with van der Waals surface area (Å²) >= 11 is 13.0. The maximum atomic E-state index is 13.3. The summed E-state index contributed by atoms with van der Waals surface area (Å²) in [5.74, 6) is 0.820. The Bertz CT molecular complexity index is 1500. The van der Waals surface area contributed by atoms with Gasteiger partial charge in [-0.15, -0.1) is 4.72 Å². The molecule has 1 fully saturated rings. The second-order valence-electron chi connectivity index (χ2n) is 11.3. The van der Waals surface area contributed by atoms with Crippen LogP contribution in [0.1, 0.15) is 38.4 Å². The fourth-order valence-electron chi connectivity index (χ4n) is 5.55. The van der Waals surface area contributed by atoms with Gasteiger partial charge in [-0.05, 0) is 63.8 Å². The van der Waals surface area contributed by atoms with Crippen LogP contribution in [0.5, 0.6) is 0 Å². The van der Waals surface area contributed by atoms with Gasteiger partial charge >= 0.3 is 0 Å². The first-order valence-corrected chi connectivity index (χ1v) is 15.7. The molecular formula is C28H30Cl2N6OS2. The normalized spacial score (nSPS) is 22.0. The monoisotopic (exact) mass is 600 g/mol. The van der Waals surface area contributed by atoms with Crippen LogP contribution in [0.3, 0.4) is 0 Å². The zero-order valence-electron chi connectivity index (χ0n) is 22.0. The van der Waals surface area contributed by atoms with Crippen LogP contribution in [0, 0.1) is 5.41 Å². The first-order chi connectivity index (χ1) is 18.6. The lowest BCUT2D eigenvalue weighted by atomic mass is 9.72. The van der Waals surface area contributed by atoms with Crippen LogP contribution >= 0.6 is 35.0 Å². The number of fused-ring (bicyclic) bond motifs is 2. The van der Waals surface area contributed by atoms with Crippen LogP contribution in [0.15, 0.2) is 64.9 Å². The Morgan fingerprint density at radius 1 is 1.08 bits per heavy atom. The van der Waals surface area contributed by atoms with E-state index in [0.717, 1.165) is 52.9 Å². The van der Waals surface area contributed by atoms with E-state index in [1.165, 1.54) is 17.3 Å². The molecule has 204 valence electrons. The van der Waals surface area contributed by atoms with Gasteiger partial charge in [0.2, 0.25) is 5.95 Å². The number of nitrogens with one attached hydrogen (secondary N) is 1. The molecule has 1 aliphatic carbocycles. The molecule has 0 radical (unpaired) electrons. The van der Waals surface area contributed by atoms with E-state index in [4.69, 9.17) is 28.2 Å². The molecule has 2 aliphatic rings. The number of hydrogen-bond donors (Lipinski definition) is 1. The van der Waals surface area contributed by atoms with Gasteiger partial charge in [0.25, 0.3) is 0 Å². The third-order valence-electron chi connectivity index (χ3n) is 7.67. The van der Waals surface area contributed by atoms with Gasteiger partial charge in [-0.1, -0.05) is 47.1 Å². The summed E-state index contributed by atoms with van der Waals surface area (Å²) in [5.41, 5.74) is 3.23. The first kappa shape index (κ1) is 27.2. The van der Waals surface area contributed by atoms with E-state index in [1.54, 1.807) is 12.3 Å². The Morgan fingerprint density at radius 2 is 1.92 bits per heavy atom. The van der Waals surface area contributed by atoms with E-state index in [9.17, 15) is 4.55 Å². The number of imidazole rings is 1. The molecule has 39 heavy (non-hydrogen) atoms. The van der Waals surface area contributed by atoms with Gasteiger partial charge in [0.05, 0.1) is 21.0 Å². The van der Waals surface area contributed by atoms with Gasteiger partial charge in [0.1, 0.15) is 4.75 Å². The predicted molar refractivity (Wildman–Crippen MR) is 159 cm³/mol. The van der Waals surface area contributed by atoms with Gasteiger partial charge in [-0.3, -0.25) is 9.38 Å². The molecular weight excluding hydrogens is 571 g/mol. The van der Waals surface area contributed by atoms with Gasteiger partial charge in [0.15, 0.2) is 5.65 Å². The lowest BCUT2D eigenvalue weighted by Crippen LogP contribution is -2.61. The number of nitrogens with zero attached hydrogens (tertiary/aromatic N) is 5. The molecule has 6 rings (SSSR count). The first-order valence-electron chi connectivity index (χ1n) is 12.9. The quantitative estimate of drug-likeness (QED) is 0.281. The van der Waals surface area contributed by atoms with Crippen LogP contribution in [-0.2, 0) is 24.2 Å². The SMILES string of the molecule is CC(C)(C)[S@@+]([O-])NC1CN(c2ncc(Sc3cccc(Cl)c3Cl)c3nccn23)CCC12Cc1cccnc1C2. The third kappa shape index (κ3) is 5.13. The van der Waals surface area contributed by atoms with Crippen LogP contribution in [0.2, 0.25) is 10.0 Å². The van der Waals surface area contributed by atoms with Crippen LogP contribution < -0.4 is 9.62 Å². The van der Waals surface area contributed by atoms with Crippen molar-refractivity contribution in [1.82, 2.24) is 24.1 Å². The molecule has 0 saturated carbocycles. The molecule has 1 N–H and O–H groups in total. The summed E-state index contributed by atoms with van der Waals surface area (Å²) in [6.45, 7) is 7.54. The highest BCUT2D eigenvalue weighted by atomic mass is 35.5. The van der Waals surface area contributed by atoms with E-state index < -0.39 is 11.4 Å². The zero-order chi connectivity index (χ0) is 27.4. The number of rotatable bonds is 5. The fraction of sp³-hybridized carbons (Fsp3) is 0.393. The minimum atomic E-state index is -1.21.